The number of carbonyl (C=O) groups excluding carboxylic acids is 2. The fourth-order valence-corrected chi connectivity index (χ4v) is 5.74. The van der Waals surface area contributed by atoms with Crippen molar-refractivity contribution in [2.24, 2.45) is 5.92 Å². The Bertz CT molecular complexity index is 1410. The molecular formula is C30H35ClFN3O4S. The number of aryl methyl sites for hydroxylation is 1. The van der Waals surface area contributed by atoms with E-state index in [0.717, 1.165) is 34.1 Å². The molecule has 3 aromatic carbocycles. The van der Waals surface area contributed by atoms with Gasteiger partial charge in [0.25, 0.3) is 10.0 Å². The molecule has 1 N–H and O–H groups in total. The van der Waals surface area contributed by atoms with Crippen molar-refractivity contribution in [1.29, 1.82) is 0 Å². The maximum Gasteiger partial charge on any atom is 0.264 e. The number of benzene rings is 3. The van der Waals surface area contributed by atoms with Gasteiger partial charge in [0.15, 0.2) is 0 Å². The predicted octanol–water partition coefficient (Wildman–Crippen LogP) is 5.56. The third-order valence-corrected chi connectivity index (χ3v) is 8.53. The Morgan fingerprint density at radius 3 is 2.17 bits per heavy atom. The number of amides is 2. The summed E-state index contributed by atoms with van der Waals surface area (Å²) in [5.41, 5.74) is 1.79. The van der Waals surface area contributed by atoms with Gasteiger partial charge in [-0.05, 0) is 67.3 Å². The zero-order valence-electron chi connectivity index (χ0n) is 23.1. The maximum atomic E-state index is 14.0. The summed E-state index contributed by atoms with van der Waals surface area (Å²) >= 11 is 6.41. The van der Waals surface area contributed by atoms with E-state index in [9.17, 15) is 22.4 Å². The molecule has 0 aromatic heterocycles. The molecule has 214 valence electrons. The number of nitrogens with one attached hydrogen (secondary N) is 1. The van der Waals surface area contributed by atoms with E-state index in [1.54, 1.807) is 55.5 Å². The van der Waals surface area contributed by atoms with Crippen LogP contribution in [0.5, 0.6) is 0 Å². The smallest absolute Gasteiger partial charge is 0.264 e. The SMILES string of the molecule is CC[C@@H](C(=O)NCC(C)C)N(Cc1ccccc1Cl)C(=O)CN(c1ccc(C)cc1)S(=O)(=O)c1ccc(F)cc1. The van der Waals surface area contributed by atoms with Gasteiger partial charge in [-0.3, -0.25) is 13.9 Å². The topological polar surface area (TPSA) is 86.8 Å². The molecule has 0 spiro atoms. The number of hydrogen-bond donors (Lipinski definition) is 1. The summed E-state index contributed by atoms with van der Waals surface area (Å²) in [5.74, 6) is -1.30. The second-order valence-corrected chi connectivity index (χ2v) is 12.2. The third-order valence-electron chi connectivity index (χ3n) is 6.37. The average Bonchev–Trinajstić information content (AvgIpc) is 2.92. The highest BCUT2D eigenvalue weighted by molar-refractivity contribution is 7.92. The third kappa shape index (κ3) is 7.82. The Hall–Kier alpha value is -3.43. The lowest BCUT2D eigenvalue weighted by atomic mass is 10.1. The van der Waals surface area contributed by atoms with Gasteiger partial charge in [0.1, 0.15) is 18.4 Å². The molecule has 0 aliphatic carbocycles. The predicted molar refractivity (Wildman–Crippen MR) is 156 cm³/mol. The van der Waals surface area contributed by atoms with E-state index in [0.29, 0.717) is 23.6 Å². The monoisotopic (exact) mass is 587 g/mol. The Labute approximate surface area is 241 Å². The van der Waals surface area contributed by atoms with Crippen LogP contribution < -0.4 is 9.62 Å². The first-order valence-corrected chi connectivity index (χ1v) is 14.9. The van der Waals surface area contributed by atoms with Crippen molar-refractivity contribution in [1.82, 2.24) is 10.2 Å². The standard InChI is InChI=1S/C30H35ClFN3O4S/c1-5-28(30(37)33-18-21(2)3)34(19-23-8-6-7-9-27(23)31)29(36)20-35(25-14-10-22(4)11-15-25)40(38,39)26-16-12-24(32)13-17-26/h6-17,21,28H,5,18-20H2,1-4H3,(H,33,37)/t28-/m0/s1. The van der Waals surface area contributed by atoms with Crippen LogP contribution in [-0.4, -0.2) is 44.3 Å². The summed E-state index contributed by atoms with van der Waals surface area (Å²) in [6.07, 6.45) is 0.301. The molecule has 0 bridgehead atoms. The molecule has 10 heteroatoms. The van der Waals surface area contributed by atoms with Crippen LogP contribution in [0.3, 0.4) is 0 Å². The van der Waals surface area contributed by atoms with Gasteiger partial charge in [0.05, 0.1) is 10.6 Å². The van der Waals surface area contributed by atoms with Crippen LogP contribution in [0.2, 0.25) is 5.02 Å². The van der Waals surface area contributed by atoms with Crippen LogP contribution in [0.15, 0.2) is 77.7 Å². The number of carbonyl (C=O) groups is 2. The van der Waals surface area contributed by atoms with Gasteiger partial charge in [-0.15, -0.1) is 0 Å². The normalized spacial score (nSPS) is 12.2. The van der Waals surface area contributed by atoms with Crippen molar-refractivity contribution >= 4 is 39.1 Å². The molecule has 0 aliphatic heterocycles. The zero-order valence-corrected chi connectivity index (χ0v) is 24.7. The van der Waals surface area contributed by atoms with Crippen LogP contribution >= 0.6 is 11.6 Å². The highest BCUT2D eigenvalue weighted by Gasteiger charge is 2.34. The lowest BCUT2D eigenvalue weighted by Crippen LogP contribution is -2.52. The van der Waals surface area contributed by atoms with Gasteiger partial charge in [-0.2, -0.15) is 0 Å². The molecular weight excluding hydrogens is 553 g/mol. The molecule has 0 aliphatic rings. The quantitative estimate of drug-likeness (QED) is 0.300. The van der Waals surface area contributed by atoms with E-state index in [2.05, 4.69) is 5.32 Å². The van der Waals surface area contributed by atoms with Crippen molar-refractivity contribution in [3.8, 4) is 0 Å². The largest absolute Gasteiger partial charge is 0.354 e. The van der Waals surface area contributed by atoms with Gasteiger partial charge in [-0.1, -0.05) is 68.3 Å². The number of hydrogen-bond acceptors (Lipinski definition) is 4. The van der Waals surface area contributed by atoms with Crippen LogP contribution in [0.1, 0.15) is 38.3 Å². The summed E-state index contributed by atoms with van der Waals surface area (Å²) in [6, 6.07) is 17.2. The minimum absolute atomic E-state index is 0.00441. The van der Waals surface area contributed by atoms with Crippen LogP contribution in [0.4, 0.5) is 10.1 Å². The molecule has 0 saturated carbocycles. The summed E-state index contributed by atoms with van der Waals surface area (Å²) in [6.45, 7) is 7.44. The second-order valence-electron chi connectivity index (χ2n) is 9.98. The Morgan fingerprint density at radius 1 is 0.975 bits per heavy atom. The van der Waals surface area contributed by atoms with Crippen molar-refractivity contribution in [2.75, 3.05) is 17.4 Å². The zero-order chi connectivity index (χ0) is 29.4. The Morgan fingerprint density at radius 2 is 1.60 bits per heavy atom. The first-order valence-electron chi connectivity index (χ1n) is 13.1. The summed E-state index contributed by atoms with van der Waals surface area (Å²) < 4.78 is 42.1. The Kier molecular flexibility index (Phi) is 10.7. The van der Waals surface area contributed by atoms with Crippen molar-refractivity contribution in [3.05, 3.63) is 94.8 Å². The lowest BCUT2D eigenvalue weighted by molar-refractivity contribution is -0.140. The van der Waals surface area contributed by atoms with Crippen LogP contribution in [0, 0.1) is 18.7 Å². The molecule has 0 heterocycles. The van der Waals surface area contributed by atoms with E-state index in [4.69, 9.17) is 11.6 Å². The fourth-order valence-electron chi connectivity index (χ4n) is 4.13. The van der Waals surface area contributed by atoms with Gasteiger partial charge >= 0.3 is 0 Å². The molecule has 1 atom stereocenters. The molecule has 7 nitrogen and oxygen atoms in total. The summed E-state index contributed by atoms with van der Waals surface area (Å²) in [4.78, 5) is 28.5. The minimum Gasteiger partial charge on any atom is -0.354 e. The minimum atomic E-state index is -4.27. The molecule has 0 radical (unpaired) electrons. The molecule has 0 fully saturated rings. The summed E-state index contributed by atoms with van der Waals surface area (Å²) in [7, 11) is -4.27. The van der Waals surface area contributed by atoms with E-state index in [1.165, 1.54) is 4.90 Å². The molecule has 0 unspecified atom stereocenters. The van der Waals surface area contributed by atoms with Crippen molar-refractivity contribution < 1.29 is 22.4 Å². The fraction of sp³-hybridized carbons (Fsp3) is 0.333. The highest BCUT2D eigenvalue weighted by Crippen LogP contribution is 2.26. The Balaban J connectivity index is 2.05. The second kappa shape index (κ2) is 13.8. The first kappa shape index (κ1) is 31.1. The van der Waals surface area contributed by atoms with E-state index >= 15 is 0 Å². The van der Waals surface area contributed by atoms with Crippen molar-refractivity contribution in [2.45, 2.75) is 51.6 Å². The van der Waals surface area contributed by atoms with Crippen molar-refractivity contribution in [3.63, 3.8) is 0 Å². The van der Waals surface area contributed by atoms with Crippen LogP contribution in [-0.2, 0) is 26.2 Å². The molecule has 2 amide bonds. The van der Waals surface area contributed by atoms with Gasteiger partial charge < -0.3 is 10.2 Å². The lowest BCUT2D eigenvalue weighted by Gasteiger charge is -2.33. The highest BCUT2D eigenvalue weighted by atomic mass is 35.5. The number of halogens is 2. The number of nitrogens with zero attached hydrogens (tertiary/aromatic N) is 2. The number of sulfonamides is 1. The average molecular weight is 588 g/mol. The van der Waals surface area contributed by atoms with Gasteiger partial charge in [0, 0.05) is 18.1 Å². The van der Waals surface area contributed by atoms with Crippen LogP contribution in [0.25, 0.3) is 0 Å². The molecule has 3 aromatic rings. The van der Waals surface area contributed by atoms with E-state index in [-0.39, 0.29) is 29.0 Å². The van der Waals surface area contributed by atoms with Gasteiger partial charge in [-0.25, -0.2) is 12.8 Å². The molecule has 0 saturated heterocycles. The van der Waals surface area contributed by atoms with Gasteiger partial charge in [0.2, 0.25) is 11.8 Å². The molecule has 40 heavy (non-hydrogen) atoms. The molecule has 3 rings (SSSR count). The number of rotatable bonds is 12. The number of anilines is 1. The van der Waals surface area contributed by atoms with E-state index < -0.39 is 34.3 Å². The first-order chi connectivity index (χ1) is 18.9. The van der Waals surface area contributed by atoms with E-state index in [1.807, 2.05) is 20.8 Å². The maximum absolute atomic E-state index is 14.0. The summed E-state index contributed by atoms with van der Waals surface area (Å²) in [5, 5.41) is 3.31.